The third-order valence-corrected chi connectivity index (χ3v) is 5.96. The molecule has 25 heavy (non-hydrogen) atoms. The van der Waals surface area contributed by atoms with Gasteiger partial charge in [0.15, 0.2) is 15.5 Å². The van der Waals surface area contributed by atoms with Crippen molar-refractivity contribution in [3.8, 4) is 5.75 Å². The maximum Gasteiger partial charge on any atom is 0.208 e. The second kappa shape index (κ2) is 7.37. The summed E-state index contributed by atoms with van der Waals surface area (Å²) in [5, 5.41) is 0. The summed E-state index contributed by atoms with van der Waals surface area (Å²) >= 11 is 0. The van der Waals surface area contributed by atoms with Gasteiger partial charge in [0.05, 0.1) is 0 Å². The Balaban J connectivity index is 2.17. The Hall–Kier alpha value is -2.19. The van der Waals surface area contributed by atoms with Crippen LogP contribution in [0.25, 0.3) is 0 Å². The molecule has 0 bridgehead atoms. The minimum Gasteiger partial charge on any atom is -0.483 e. The van der Waals surface area contributed by atoms with Gasteiger partial charge in [-0.2, -0.15) is 0 Å². The fourth-order valence-electron chi connectivity index (χ4n) is 2.70. The third-order valence-electron chi connectivity index (χ3n) is 3.69. The molecule has 0 saturated carbocycles. The van der Waals surface area contributed by atoms with Crippen molar-refractivity contribution in [2.24, 2.45) is 0 Å². The molecule has 0 heterocycles. The number of hydrogen-bond acceptors (Lipinski definition) is 1. The molecular weight excluding hydrogens is 324 g/mol. The van der Waals surface area contributed by atoms with Crippen molar-refractivity contribution < 1.29 is 4.74 Å². The molecule has 0 fully saturated rings. The van der Waals surface area contributed by atoms with Crippen molar-refractivity contribution >= 4 is 10.9 Å². The smallest absolute Gasteiger partial charge is 0.208 e. The first-order chi connectivity index (χ1) is 11.9. The van der Waals surface area contributed by atoms with Crippen molar-refractivity contribution in [2.45, 2.75) is 48.0 Å². The van der Waals surface area contributed by atoms with Gasteiger partial charge in [-0.25, -0.2) is 0 Å². The zero-order chi connectivity index (χ0) is 17.9. The molecule has 0 atom stereocenters. The molecule has 0 aromatic heterocycles. The Morgan fingerprint density at radius 2 is 1.24 bits per heavy atom. The van der Waals surface area contributed by atoms with Crippen LogP contribution in [0.3, 0.4) is 0 Å². The van der Waals surface area contributed by atoms with E-state index in [1.165, 1.54) is 20.2 Å². The van der Waals surface area contributed by atoms with Crippen LogP contribution in [0, 0.1) is 6.92 Å². The number of rotatable bonds is 4. The highest BCUT2D eigenvalue weighted by Gasteiger charge is 2.33. The van der Waals surface area contributed by atoms with Crippen molar-refractivity contribution in [3.05, 3.63) is 84.4 Å². The lowest BCUT2D eigenvalue weighted by Gasteiger charge is -2.23. The molecule has 0 spiro atoms. The minimum atomic E-state index is -0.231. The molecule has 0 N–H and O–H groups in total. The van der Waals surface area contributed by atoms with Crippen molar-refractivity contribution in [2.75, 3.05) is 0 Å². The highest BCUT2D eigenvalue weighted by molar-refractivity contribution is 7.97. The lowest BCUT2D eigenvalue weighted by molar-refractivity contribution is 0.126. The average Bonchev–Trinajstić information content (AvgIpc) is 2.58. The number of aryl methyl sites for hydroxylation is 1. The quantitative estimate of drug-likeness (QED) is 0.505. The molecule has 128 valence electrons. The van der Waals surface area contributed by atoms with Crippen LogP contribution in [0.4, 0.5) is 0 Å². The van der Waals surface area contributed by atoms with E-state index in [0.29, 0.717) is 0 Å². The largest absolute Gasteiger partial charge is 0.483 e. The van der Waals surface area contributed by atoms with E-state index in [9.17, 15) is 0 Å². The van der Waals surface area contributed by atoms with Crippen LogP contribution < -0.4 is 4.74 Å². The summed E-state index contributed by atoms with van der Waals surface area (Å²) in [5.41, 5.74) is 0.984. The second-order valence-electron chi connectivity index (χ2n) is 7.10. The van der Waals surface area contributed by atoms with Crippen LogP contribution in [-0.2, 0) is 10.9 Å². The van der Waals surface area contributed by atoms with Gasteiger partial charge in [-0.15, -0.1) is 0 Å². The van der Waals surface area contributed by atoms with Crippen LogP contribution >= 0.6 is 0 Å². The summed E-state index contributed by atoms with van der Waals surface area (Å²) in [6.45, 7) is 8.41. The van der Waals surface area contributed by atoms with E-state index in [0.717, 1.165) is 5.75 Å². The Bertz CT molecular complexity index is 780. The molecule has 1 nitrogen and oxygen atoms in total. The fraction of sp³-hybridized carbons (Fsp3) is 0.217. The topological polar surface area (TPSA) is 9.23 Å². The summed E-state index contributed by atoms with van der Waals surface area (Å²) < 4.78 is 6.34. The Morgan fingerprint density at radius 3 is 1.72 bits per heavy atom. The number of hydrogen-bond donors (Lipinski definition) is 0. The van der Waals surface area contributed by atoms with Gasteiger partial charge in [0.2, 0.25) is 4.90 Å². The van der Waals surface area contributed by atoms with E-state index in [1.807, 2.05) is 0 Å². The van der Waals surface area contributed by atoms with Gasteiger partial charge >= 0.3 is 0 Å². The summed E-state index contributed by atoms with van der Waals surface area (Å²) in [6, 6.07) is 27.9. The molecule has 0 saturated heterocycles. The third kappa shape index (κ3) is 4.46. The Labute approximate surface area is 154 Å². The van der Waals surface area contributed by atoms with E-state index in [2.05, 4.69) is 107 Å². The zero-order valence-corrected chi connectivity index (χ0v) is 16.1. The van der Waals surface area contributed by atoms with Crippen molar-refractivity contribution in [1.82, 2.24) is 0 Å². The molecular formula is C23H25OS+. The summed E-state index contributed by atoms with van der Waals surface area (Å²) in [5.74, 6) is 0.975. The van der Waals surface area contributed by atoms with Crippen molar-refractivity contribution in [1.29, 1.82) is 0 Å². The van der Waals surface area contributed by atoms with Gasteiger partial charge in [0, 0.05) is 0 Å². The second-order valence-corrected chi connectivity index (χ2v) is 9.09. The first kappa shape index (κ1) is 17.6. The molecule has 0 amide bonds. The van der Waals surface area contributed by atoms with E-state index in [4.69, 9.17) is 4.74 Å². The molecule has 3 rings (SSSR count). The monoisotopic (exact) mass is 349 g/mol. The molecule has 0 unspecified atom stereocenters. The first-order valence-corrected chi connectivity index (χ1v) is 9.80. The zero-order valence-electron chi connectivity index (χ0n) is 15.3. The summed E-state index contributed by atoms with van der Waals surface area (Å²) in [7, 11) is -0.194. The lowest BCUT2D eigenvalue weighted by Crippen LogP contribution is -2.24. The molecule has 0 aliphatic rings. The van der Waals surface area contributed by atoms with Gasteiger partial charge in [-0.1, -0.05) is 42.5 Å². The van der Waals surface area contributed by atoms with E-state index < -0.39 is 0 Å². The molecule has 3 aromatic carbocycles. The summed E-state index contributed by atoms with van der Waals surface area (Å²) in [6.07, 6.45) is 0. The number of benzene rings is 3. The molecule has 0 aliphatic heterocycles. The van der Waals surface area contributed by atoms with Gasteiger partial charge in [-0.05, 0) is 69.7 Å². The van der Waals surface area contributed by atoms with E-state index in [1.54, 1.807) is 0 Å². The molecule has 2 heteroatoms. The van der Waals surface area contributed by atoms with Crippen LogP contribution in [0.15, 0.2) is 93.5 Å². The maximum atomic E-state index is 6.34. The molecule has 0 aliphatic carbocycles. The minimum absolute atomic E-state index is 0.194. The number of ether oxygens (including phenoxy) is 1. The van der Waals surface area contributed by atoms with Gasteiger partial charge < -0.3 is 4.74 Å². The average molecular weight is 350 g/mol. The predicted octanol–water partition coefficient (Wildman–Crippen LogP) is 6.27. The Morgan fingerprint density at radius 1 is 0.720 bits per heavy atom. The van der Waals surface area contributed by atoms with Crippen LogP contribution in [0.5, 0.6) is 5.75 Å². The van der Waals surface area contributed by atoms with E-state index in [-0.39, 0.29) is 16.5 Å². The maximum absolute atomic E-state index is 6.34. The van der Waals surface area contributed by atoms with Crippen LogP contribution in [0.1, 0.15) is 26.3 Å². The van der Waals surface area contributed by atoms with Crippen molar-refractivity contribution in [3.63, 3.8) is 0 Å². The molecule has 0 radical (unpaired) electrons. The fourth-order valence-corrected chi connectivity index (χ4v) is 4.84. The highest BCUT2D eigenvalue weighted by Crippen LogP contribution is 2.38. The van der Waals surface area contributed by atoms with Gasteiger partial charge in [0.1, 0.15) is 16.5 Å². The van der Waals surface area contributed by atoms with Gasteiger partial charge in [0.25, 0.3) is 0 Å². The van der Waals surface area contributed by atoms with Gasteiger partial charge in [-0.3, -0.25) is 0 Å². The lowest BCUT2D eigenvalue weighted by atomic mass is 10.2. The normalized spacial score (nSPS) is 11.6. The standard InChI is InChI=1S/C23H25OS/c1-18-15-16-22(21(17-18)24-23(2,3)4)25(19-11-7-5-8-12-19)20-13-9-6-10-14-20/h5-17H,1-4H3/q+1. The Kier molecular flexibility index (Phi) is 5.19. The van der Waals surface area contributed by atoms with Crippen LogP contribution in [-0.4, -0.2) is 5.60 Å². The van der Waals surface area contributed by atoms with Crippen LogP contribution in [0.2, 0.25) is 0 Å². The summed E-state index contributed by atoms with van der Waals surface area (Å²) in [4.78, 5) is 3.84. The SMILES string of the molecule is Cc1ccc([S+](c2ccccc2)c2ccccc2)c(OC(C)(C)C)c1. The molecule has 3 aromatic rings. The predicted molar refractivity (Wildman–Crippen MR) is 107 cm³/mol. The highest BCUT2D eigenvalue weighted by atomic mass is 32.2. The first-order valence-electron chi connectivity index (χ1n) is 8.58. The van der Waals surface area contributed by atoms with E-state index >= 15 is 0 Å².